The summed E-state index contributed by atoms with van der Waals surface area (Å²) in [5.74, 6) is -3.36. The summed E-state index contributed by atoms with van der Waals surface area (Å²) in [5, 5.41) is 2.41. The van der Waals surface area contributed by atoms with Gasteiger partial charge < -0.3 is 21.5 Å². The van der Waals surface area contributed by atoms with Crippen molar-refractivity contribution >= 4 is 57.9 Å². The van der Waals surface area contributed by atoms with Gasteiger partial charge in [-0.1, -0.05) is 0 Å². The SMILES string of the molecule is COc1ccc(I)cc1N1CCC(=O)N(CNC(=O)C(CC(N)=O)CC(N)=O)C1=O. The van der Waals surface area contributed by atoms with Crippen LogP contribution in [0.4, 0.5) is 10.5 Å². The number of anilines is 1. The number of methoxy groups -OCH3 is 1. The molecule has 1 aromatic rings. The highest BCUT2D eigenvalue weighted by atomic mass is 127. The van der Waals surface area contributed by atoms with Crippen LogP contribution in [0.2, 0.25) is 0 Å². The maximum absolute atomic E-state index is 12.9. The third kappa shape index (κ3) is 5.81. The second-order valence-electron chi connectivity index (χ2n) is 6.56. The van der Waals surface area contributed by atoms with Crippen LogP contribution in [0, 0.1) is 9.49 Å². The molecule has 1 aromatic carbocycles. The number of rotatable bonds is 9. The molecule has 0 unspecified atom stereocenters. The predicted octanol–water partition coefficient (Wildman–Crippen LogP) is -0.101. The number of carbonyl (C=O) groups excluding carboxylic acids is 5. The van der Waals surface area contributed by atoms with Crippen LogP contribution in [0.5, 0.6) is 5.75 Å². The maximum atomic E-state index is 12.9. The van der Waals surface area contributed by atoms with Crippen molar-refractivity contribution in [2.24, 2.45) is 17.4 Å². The number of carbonyl (C=O) groups is 5. The molecular weight excluding hydrogens is 509 g/mol. The van der Waals surface area contributed by atoms with Crippen LogP contribution in [0.25, 0.3) is 0 Å². The topological polar surface area (TPSA) is 165 Å². The fraction of sp³-hybridized carbons (Fsp3) is 0.389. The number of hydrogen-bond donors (Lipinski definition) is 3. The minimum absolute atomic E-state index is 0.0439. The number of benzene rings is 1. The van der Waals surface area contributed by atoms with Gasteiger partial charge in [0.25, 0.3) is 0 Å². The molecule has 1 aliphatic rings. The predicted molar refractivity (Wildman–Crippen MR) is 114 cm³/mol. The molecule has 2 rings (SSSR count). The lowest BCUT2D eigenvalue weighted by Crippen LogP contribution is -2.56. The molecule has 0 atom stereocenters. The molecule has 11 nitrogen and oxygen atoms in total. The van der Waals surface area contributed by atoms with Gasteiger partial charge in [-0.25, -0.2) is 9.69 Å². The molecule has 30 heavy (non-hydrogen) atoms. The fourth-order valence-electron chi connectivity index (χ4n) is 2.99. The van der Waals surface area contributed by atoms with E-state index >= 15 is 0 Å². The zero-order valence-electron chi connectivity index (χ0n) is 16.2. The van der Waals surface area contributed by atoms with E-state index in [9.17, 15) is 24.0 Å². The van der Waals surface area contributed by atoms with Gasteiger partial charge in [-0.3, -0.25) is 24.1 Å². The van der Waals surface area contributed by atoms with Gasteiger partial charge >= 0.3 is 6.03 Å². The van der Waals surface area contributed by atoms with Gasteiger partial charge in [0.15, 0.2) is 0 Å². The van der Waals surface area contributed by atoms with Crippen molar-refractivity contribution in [3.8, 4) is 5.75 Å². The lowest BCUT2D eigenvalue weighted by Gasteiger charge is -2.35. The Labute approximate surface area is 186 Å². The summed E-state index contributed by atoms with van der Waals surface area (Å²) in [7, 11) is 1.47. The molecule has 0 aliphatic carbocycles. The molecule has 1 fully saturated rings. The minimum atomic E-state index is -1.08. The number of nitrogens with zero attached hydrogens (tertiary/aromatic N) is 2. The van der Waals surface area contributed by atoms with E-state index in [0.29, 0.717) is 11.4 Å². The van der Waals surface area contributed by atoms with Crippen LogP contribution in [0.15, 0.2) is 18.2 Å². The average molecular weight is 531 g/mol. The molecule has 1 aliphatic heterocycles. The van der Waals surface area contributed by atoms with E-state index in [4.69, 9.17) is 16.2 Å². The number of nitrogens with one attached hydrogen (secondary N) is 1. The Morgan fingerprint density at radius 1 is 1.20 bits per heavy atom. The summed E-state index contributed by atoms with van der Waals surface area (Å²) >= 11 is 2.10. The minimum Gasteiger partial charge on any atom is -0.495 e. The van der Waals surface area contributed by atoms with Crippen molar-refractivity contribution in [2.45, 2.75) is 19.3 Å². The number of ether oxygens (including phenoxy) is 1. The molecule has 0 radical (unpaired) electrons. The summed E-state index contributed by atoms with van der Waals surface area (Å²) in [6, 6.07) is 4.65. The lowest BCUT2D eigenvalue weighted by molar-refractivity contribution is -0.134. The van der Waals surface area contributed by atoms with Gasteiger partial charge in [0.1, 0.15) is 12.4 Å². The van der Waals surface area contributed by atoms with Gasteiger partial charge in [0.05, 0.1) is 18.7 Å². The Morgan fingerprint density at radius 2 is 1.83 bits per heavy atom. The highest BCUT2D eigenvalue weighted by molar-refractivity contribution is 14.1. The normalized spacial score (nSPS) is 14.1. The van der Waals surface area contributed by atoms with Gasteiger partial charge in [-0.2, -0.15) is 0 Å². The summed E-state index contributed by atoms with van der Waals surface area (Å²) in [6.07, 6.45) is -0.729. The number of amides is 6. The van der Waals surface area contributed by atoms with Crippen molar-refractivity contribution in [1.82, 2.24) is 10.2 Å². The van der Waals surface area contributed by atoms with Crippen LogP contribution in [-0.2, 0) is 19.2 Å². The van der Waals surface area contributed by atoms with E-state index in [1.54, 1.807) is 12.1 Å². The van der Waals surface area contributed by atoms with Crippen LogP contribution in [-0.4, -0.2) is 54.9 Å². The van der Waals surface area contributed by atoms with E-state index < -0.39 is 42.2 Å². The molecule has 0 spiro atoms. The number of nitrogens with two attached hydrogens (primary N) is 2. The number of imide groups is 1. The third-order valence-electron chi connectivity index (χ3n) is 4.42. The number of halogens is 1. The Balaban J connectivity index is 2.15. The second-order valence-corrected chi connectivity index (χ2v) is 7.80. The Bertz CT molecular complexity index is 861. The molecule has 5 N–H and O–H groups in total. The fourth-order valence-corrected chi connectivity index (χ4v) is 3.46. The smallest absolute Gasteiger partial charge is 0.332 e. The van der Waals surface area contributed by atoms with Gasteiger partial charge in [0.2, 0.25) is 23.6 Å². The molecule has 1 saturated heterocycles. The first kappa shape index (κ1) is 23.4. The summed E-state index contributed by atoms with van der Waals surface area (Å²) < 4.78 is 6.18. The Morgan fingerprint density at radius 3 is 2.40 bits per heavy atom. The lowest BCUT2D eigenvalue weighted by atomic mass is 10.00. The van der Waals surface area contributed by atoms with E-state index in [-0.39, 0.29) is 25.8 Å². The molecule has 1 heterocycles. The molecule has 0 saturated carbocycles. The van der Waals surface area contributed by atoms with Crippen LogP contribution < -0.4 is 26.4 Å². The third-order valence-corrected chi connectivity index (χ3v) is 5.09. The standard InChI is InChI=1S/C18H22IN5O6/c1-30-13-3-2-11(19)8-12(13)23-5-4-16(27)24(18(23)29)9-22-17(28)10(6-14(20)25)7-15(21)26/h2-3,8,10H,4-7,9H2,1H3,(H2,20,25)(H2,21,26)(H,22,28). The second kappa shape index (κ2) is 10.2. The van der Waals surface area contributed by atoms with Crippen LogP contribution in [0.3, 0.4) is 0 Å². The van der Waals surface area contributed by atoms with Crippen LogP contribution >= 0.6 is 22.6 Å². The maximum Gasteiger partial charge on any atom is 0.332 e. The highest BCUT2D eigenvalue weighted by Gasteiger charge is 2.35. The molecule has 6 amide bonds. The van der Waals surface area contributed by atoms with Crippen LogP contribution in [0.1, 0.15) is 19.3 Å². The summed E-state index contributed by atoms with van der Waals surface area (Å²) in [4.78, 5) is 62.1. The van der Waals surface area contributed by atoms with E-state index in [1.165, 1.54) is 12.0 Å². The van der Waals surface area contributed by atoms with Gasteiger partial charge in [-0.05, 0) is 40.8 Å². The van der Waals surface area contributed by atoms with Crippen molar-refractivity contribution in [1.29, 1.82) is 0 Å². The molecular formula is C18H22IN5O6. The van der Waals surface area contributed by atoms with Crippen molar-refractivity contribution in [2.75, 3.05) is 25.2 Å². The van der Waals surface area contributed by atoms with Crippen molar-refractivity contribution in [3.05, 3.63) is 21.8 Å². The molecule has 0 bridgehead atoms. The number of primary amides is 2. The first-order chi connectivity index (χ1) is 14.1. The monoisotopic (exact) mass is 531 g/mol. The first-order valence-corrected chi connectivity index (χ1v) is 10.0. The zero-order valence-corrected chi connectivity index (χ0v) is 18.4. The molecule has 162 valence electrons. The quantitative estimate of drug-likeness (QED) is 0.377. The highest BCUT2D eigenvalue weighted by Crippen LogP contribution is 2.32. The van der Waals surface area contributed by atoms with Gasteiger partial charge in [-0.15, -0.1) is 0 Å². The summed E-state index contributed by atoms with van der Waals surface area (Å²) in [6.45, 7) is -0.266. The Kier molecular flexibility index (Phi) is 7.97. The van der Waals surface area contributed by atoms with Crippen molar-refractivity contribution in [3.63, 3.8) is 0 Å². The zero-order chi connectivity index (χ0) is 22.4. The van der Waals surface area contributed by atoms with Crippen molar-refractivity contribution < 1.29 is 28.7 Å². The van der Waals surface area contributed by atoms with E-state index in [2.05, 4.69) is 27.9 Å². The number of urea groups is 1. The van der Waals surface area contributed by atoms with Gasteiger partial charge in [0, 0.05) is 29.4 Å². The Hall–Kier alpha value is -2.90. The largest absolute Gasteiger partial charge is 0.495 e. The number of hydrogen-bond acceptors (Lipinski definition) is 6. The van der Waals surface area contributed by atoms with E-state index in [0.717, 1.165) is 8.47 Å². The summed E-state index contributed by atoms with van der Waals surface area (Å²) in [5.41, 5.74) is 10.7. The molecule has 0 aromatic heterocycles. The van der Waals surface area contributed by atoms with E-state index in [1.807, 2.05) is 6.07 Å². The average Bonchev–Trinajstić information content (AvgIpc) is 2.66. The first-order valence-electron chi connectivity index (χ1n) is 8.93. The molecule has 12 heteroatoms.